The molecule has 0 saturated heterocycles. The number of hydrogen-bond acceptors (Lipinski definition) is 3. The van der Waals surface area contributed by atoms with Crippen LogP contribution in [0.4, 0.5) is 0 Å². The highest BCUT2D eigenvalue weighted by Crippen LogP contribution is 2.32. The zero-order valence-electron chi connectivity index (χ0n) is 16.2. The van der Waals surface area contributed by atoms with Crippen molar-refractivity contribution in [2.75, 3.05) is 0 Å². The van der Waals surface area contributed by atoms with E-state index >= 15 is 0 Å². The van der Waals surface area contributed by atoms with Crippen LogP contribution in [0.2, 0.25) is 0 Å². The van der Waals surface area contributed by atoms with E-state index in [4.69, 9.17) is 0 Å². The molecule has 2 aromatic carbocycles. The Morgan fingerprint density at radius 2 is 1.79 bits per heavy atom. The van der Waals surface area contributed by atoms with Crippen LogP contribution in [0, 0.1) is 13.8 Å². The molecule has 0 aliphatic carbocycles. The van der Waals surface area contributed by atoms with Crippen molar-refractivity contribution >= 4 is 21.6 Å². The summed E-state index contributed by atoms with van der Waals surface area (Å²) in [7, 11) is 1.70. The first-order valence-corrected chi connectivity index (χ1v) is 9.89. The van der Waals surface area contributed by atoms with E-state index in [-0.39, 0.29) is 11.5 Å². The zero-order valence-corrected chi connectivity index (χ0v) is 17.8. The van der Waals surface area contributed by atoms with Crippen molar-refractivity contribution in [2.45, 2.75) is 26.2 Å². The van der Waals surface area contributed by atoms with E-state index in [1.807, 2.05) is 31.2 Å². The van der Waals surface area contributed by atoms with Gasteiger partial charge in [0.2, 0.25) is 0 Å². The number of benzene rings is 2. The van der Waals surface area contributed by atoms with E-state index in [1.165, 1.54) is 15.7 Å². The van der Waals surface area contributed by atoms with Crippen LogP contribution >= 0.6 is 15.9 Å². The first kappa shape index (κ1) is 20.1. The second-order valence-electron chi connectivity index (χ2n) is 7.03. The molecule has 0 aliphatic heterocycles. The maximum absolute atomic E-state index is 11.9. The summed E-state index contributed by atoms with van der Waals surface area (Å²) in [6.07, 6.45) is 2.26. The molecule has 1 unspecified atom stereocenters. The SMILES string of the molecule is Cc1cc(=O)n(C)cc1/C(CC(c1ccc(Br)cc1)c1ccccc1C)=N\O. The lowest BCUT2D eigenvalue weighted by atomic mass is 9.83. The third-order valence-corrected chi connectivity index (χ3v) is 5.63. The van der Waals surface area contributed by atoms with Crippen LogP contribution in [0.25, 0.3) is 0 Å². The molecule has 0 aliphatic rings. The van der Waals surface area contributed by atoms with Gasteiger partial charge in [0.05, 0.1) is 5.71 Å². The Labute approximate surface area is 173 Å². The Hall–Kier alpha value is -2.66. The highest BCUT2D eigenvalue weighted by Gasteiger charge is 2.21. The zero-order chi connectivity index (χ0) is 20.3. The number of aromatic nitrogens is 1. The molecule has 0 spiro atoms. The summed E-state index contributed by atoms with van der Waals surface area (Å²) < 4.78 is 2.53. The van der Waals surface area contributed by atoms with Crippen LogP contribution in [0.15, 0.2) is 75.2 Å². The van der Waals surface area contributed by atoms with E-state index in [9.17, 15) is 10.0 Å². The molecule has 0 fully saturated rings. The number of hydrogen-bond donors (Lipinski definition) is 1. The maximum atomic E-state index is 11.9. The Balaban J connectivity index is 2.08. The molecular weight excluding hydrogens is 416 g/mol. The van der Waals surface area contributed by atoms with Gasteiger partial charge < -0.3 is 9.77 Å². The maximum Gasteiger partial charge on any atom is 0.250 e. The highest BCUT2D eigenvalue weighted by atomic mass is 79.9. The molecule has 1 atom stereocenters. The van der Waals surface area contributed by atoms with Gasteiger partial charge in [-0.05, 0) is 48.2 Å². The summed E-state index contributed by atoms with van der Waals surface area (Å²) >= 11 is 3.49. The number of oxime groups is 1. The van der Waals surface area contributed by atoms with Crippen LogP contribution in [-0.2, 0) is 7.05 Å². The minimum absolute atomic E-state index is 0.0248. The second-order valence-corrected chi connectivity index (χ2v) is 7.95. The number of aryl methyl sites for hydroxylation is 3. The second kappa shape index (κ2) is 8.57. The van der Waals surface area contributed by atoms with Crippen molar-refractivity contribution in [1.29, 1.82) is 0 Å². The Morgan fingerprint density at radius 3 is 2.43 bits per heavy atom. The lowest BCUT2D eigenvalue weighted by molar-refractivity contribution is 0.317. The molecular formula is C23H23BrN2O2. The minimum atomic E-state index is -0.0816. The van der Waals surface area contributed by atoms with Crippen LogP contribution in [-0.4, -0.2) is 15.5 Å². The van der Waals surface area contributed by atoms with Crippen LogP contribution in [0.5, 0.6) is 0 Å². The van der Waals surface area contributed by atoms with Crippen LogP contribution in [0.3, 0.4) is 0 Å². The third-order valence-electron chi connectivity index (χ3n) is 5.10. The van der Waals surface area contributed by atoms with E-state index in [1.54, 1.807) is 19.3 Å². The first-order chi connectivity index (χ1) is 13.4. The molecule has 1 aromatic heterocycles. The summed E-state index contributed by atoms with van der Waals surface area (Å²) in [5, 5.41) is 13.4. The van der Waals surface area contributed by atoms with E-state index in [2.05, 4.69) is 52.3 Å². The molecule has 1 N–H and O–H groups in total. The van der Waals surface area contributed by atoms with Crippen molar-refractivity contribution in [3.63, 3.8) is 0 Å². The number of nitrogens with zero attached hydrogens (tertiary/aromatic N) is 2. The van der Waals surface area contributed by atoms with Crippen LogP contribution in [0.1, 0.15) is 40.2 Å². The third kappa shape index (κ3) is 4.25. The normalized spacial score (nSPS) is 12.8. The summed E-state index contributed by atoms with van der Waals surface area (Å²) in [6, 6.07) is 18.0. The predicted octanol–water partition coefficient (Wildman–Crippen LogP) is 5.17. The molecule has 0 amide bonds. The number of rotatable bonds is 5. The van der Waals surface area contributed by atoms with Gasteiger partial charge in [-0.25, -0.2) is 0 Å². The molecule has 0 radical (unpaired) electrons. The number of halogens is 1. The lowest BCUT2D eigenvalue weighted by Crippen LogP contribution is -2.20. The number of pyridine rings is 1. The van der Waals surface area contributed by atoms with E-state index < -0.39 is 0 Å². The van der Waals surface area contributed by atoms with Crippen molar-refractivity contribution in [3.05, 3.63) is 103 Å². The van der Waals surface area contributed by atoms with Gasteiger partial charge in [0, 0.05) is 41.7 Å². The molecule has 1 heterocycles. The standard InChI is InChI=1S/C23H23BrN2O2/c1-15-6-4-5-7-19(15)20(17-8-10-18(24)11-9-17)13-22(25-28)21-14-26(3)23(27)12-16(21)2/h4-12,14,20,28H,13H2,1-3H3/b25-22-. The van der Waals surface area contributed by atoms with Crippen molar-refractivity contribution < 1.29 is 5.21 Å². The highest BCUT2D eigenvalue weighted by molar-refractivity contribution is 9.10. The van der Waals surface area contributed by atoms with Crippen molar-refractivity contribution in [3.8, 4) is 0 Å². The Morgan fingerprint density at radius 1 is 1.11 bits per heavy atom. The summed E-state index contributed by atoms with van der Waals surface area (Å²) in [5.41, 5.74) is 5.57. The summed E-state index contributed by atoms with van der Waals surface area (Å²) in [5.74, 6) is 0.0248. The fourth-order valence-corrected chi connectivity index (χ4v) is 3.77. The molecule has 5 heteroatoms. The van der Waals surface area contributed by atoms with Gasteiger partial charge >= 0.3 is 0 Å². The monoisotopic (exact) mass is 438 g/mol. The average Bonchev–Trinajstić information content (AvgIpc) is 2.68. The molecule has 3 aromatic rings. The van der Waals surface area contributed by atoms with Gasteiger partial charge in [-0.2, -0.15) is 0 Å². The van der Waals surface area contributed by atoms with Crippen molar-refractivity contribution in [2.24, 2.45) is 12.2 Å². The topological polar surface area (TPSA) is 54.6 Å². The van der Waals surface area contributed by atoms with Crippen molar-refractivity contribution in [1.82, 2.24) is 4.57 Å². The average molecular weight is 439 g/mol. The molecule has 4 nitrogen and oxygen atoms in total. The molecule has 144 valence electrons. The molecule has 3 rings (SSSR count). The summed E-state index contributed by atoms with van der Waals surface area (Å²) in [6.45, 7) is 3.96. The Kier molecular flexibility index (Phi) is 6.15. The fourth-order valence-electron chi connectivity index (χ4n) is 3.50. The van der Waals surface area contributed by atoms with Gasteiger partial charge in [0.1, 0.15) is 0 Å². The van der Waals surface area contributed by atoms with Gasteiger partial charge in [-0.1, -0.05) is 57.5 Å². The molecule has 0 saturated carbocycles. The van der Waals surface area contributed by atoms with Crippen LogP contribution < -0.4 is 5.56 Å². The van der Waals surface area contributed by atoms with E-state index in [0.717, 1.165) is 21.2 Å². The summed E-state index contributed by atoms with van der Waals surface area (Å²) in [4.78, 5) is 11.9. The quantitative estimate of drug-likeness (QED) is 0.339. The molecule has 0 bridgehead atoms. The van der Waals surface area contributed by atoms with Gasteiger partial charge in [0.15, 0.2) is 0 Å². The Bertz CT molecular complexity index is 1070. The molecule has 28 heavy (non-hydrogen) atoms. The van der Waals surface area contributed by atoms with Gasteiger partial charge in [-0.15, -0.1) is 0 Å². The first-order valence-electron chi connectivity index (χ1n) is 9.10. The van der Waals surface area contributed by atoms with E-state index in [0.29, 0.717) is 12.1 Å². The fraction of sp³-hybridized carbons (Fsp3) is 0.217. The minimum Gasteiger partial charge on any atom is -0.411 e. The largest absolute Gasteiger partial charge is 0.411 e. The lowest BCUT2D eigenvalue weighted by Gasteiger charge is -2.21. The smallest absolute Gasteiger partial charge is 0.250 e. The van der Waals surface area contributed by atoms with Gasteiger partial charge in [-0.3, -0.25) is 4.79 Å². The van der Waals surface area contributed by atoms with Gasteiger partial charge in [0.25, 0.3) is 5.56 Å². The predicted molar refractivity (Wildman–Crippen MR) is 117 cm³/mol.